The van der Waals surface area contributed by atoms with Gasteiger partial charge in [0.15, 0.2) is 4.80 Å². The molecule has 0 saturated heterocycles. The zero-order valence-electron chi connectivity index (χ0n) is 19.3. The number of amides is 1. The standard InChI is InChI=1S/C28H23N3O3S/c1-18-24(26(32)30-21-11-7-4-8-12-21)25(20-9-5-3-6-10-20)31-27(33)23(35-28(31)29-18)17-19-13-15-22(34-2)16-14-19/h3-17,25H,1-2H3,(H,30,32)/b23-17-/t25-/m0/s1. The van der Waals surface area contributed by atoms with Crippen LogP contribution in [0, 0.1) is 0 Å². The van der Waals surface area contributed by atoms with Crippen molar-refractivity contribution in [2.45, 2.75) is 13.0 Å². The van der Waals surface area contributed by atoms with Crippen LogP contribution in [0.15, 0.2) is 106 Å². The third-order valence-electron chi connectivity index (χ3n) is 5.83. The summed E-state index contributed by atoms with van der Waals surface area (Å²) < 4.78 is 7.40. The number of thiazole rings is 1. The highest BCUT2D eigenvalue weighted by atomic mass is 32.1. The van der Waals surface area contributed by atoms with Crippen LogP contribution in [-0.2, 0) is 4.79 Å². The van der Waals surface area contributed by atoms with E-state index in [1.54, 1.807) is 11.7 Å². The van der Waals surface area contributed by atoms with Gasteiger partial charge in [-0.2, -0.15) is 0 Å². The van der Waals surface area contributed by atoms with Crippen molar-refractivity contribution in [3.63, 3.8) is 0 Å². The van der Waals surface area contributed by atoms with Crippen molar-refractivity contribution in [1.29, 1.82) is 0 Å². The van der Waals surface area contributed by atoms with Gasteiger partial charge in [0.25, 0.3) is 11.5 Å². The molecule has 35 heavy (non-hydrogen) atoms. The molecule has 0 aliphatic carbocycles. The molecule has 0 radical (unpaired) electrons. The van der Waals surface area contributed by atoms with Crippen LogP contribution in [0.4, 0.5) is 5.69 Å². The summed E-state index contributed by atoms with van der Waals surface area (Å²) in [5.74, 6) is 0.466. The van der Waals surface area contributed by atoms with E-state index in [2.05, 4.69) is 10.3 Å². The molecular weight excluding hydrogens is 458 g/mol. The average Bonchev–Trinajstić information content (AvgIpc) is 3.19. The number of fused-ring (bicyclic) bond motifs is 1. The van der Waals surface area contributed by atoms with Gasteiger partial charge in [-0.15, -0.1) is 0 Å². The van der Waals surface area contributed by atoms with Gasteiger partial charge < -0.3 is 10.1 Å². The maximum atomic E-state index is 13.7. The zero-order chi connectivity index (χ0) is 24.4. The number of carbonyl (C=O) groups is 1. The predicted molar refractivity (Wildman–Crippen MR) is 138 cm³/mol. The number of rotatable bonds is 5. The first-order valence-corrected chi connectivity index (χ1v) is 11.9. The molecule has 1 aliphatic rings. The topological polar surface area (TPSA) is 72.7 Å². The number of benzene rings is 3. The second kappa shape index (κ2) is 9.56. The van der Waals surface area contributed by atoms with Crippen LogP contribution in [0.5, 0.6) is 5.75 Å². The van der Waals surface area contributed by atoms with Crippen molar-refractivity contribution in [1.82, 2.24) is 4.57 Å². The van der Waals surface area contributed by atoms with E-state index in [4.69, 9.17) is 4.74 Å². The first-order chi connectivity index (χ1) is 17.0. The lowest BCUT2D eigenvalue weighted by molar-refractivity contribution is -0.113. The summed E-state index contributed by atoms with van der Waals surface area (Å²) in [5, 5.41) is 2.96. The van der Waals surface area contributed by atoms with E-state index in [1.807, 2.05) is 97.9 Å². The summed E-state index contributed by atoms with van der Waals surface area (Å²) in [4.78, 5) is 32.4. The van der Waals surface area contributed by atoms with E-state index in [1.165, 1.54) is 11.3 Å². The molecule has 1 N–H and O–H groups in total. The van der Waals surface area contributed by atoms with Gasteiger partial charge in [0.1, 0.15) is 5.75 Å². The Hall–Kier alpha value is -4.23. The normalized spacial score (nSPS) is 15.4. The summed E-state index contributed by atoms with van der Waals surface area (Å²) in [6.45, 7) is 1.82. The highest BCUT2D eigenvalue weighted by Gasteiger charge is 2.32. The monoisotopic (exact) mass is 481 g/mol. The minimum atomic E-state index is -0.589. The molecule has 1 aromatic heterocycles. The van der Waals surface area contributed by atoms with E-state index < -0.39 is 6.04 Å². The van der Waals surface area contributed by atoms with Crippen molar-refractivity contribution < 1.29 is 9.53 Å². The molecule has 0 unspecified atom stereocenters. The molecule has 174 valence electrons. The molecular formula is C28H23N3O3S. The third kappa shape index (κ3) is 4.46. The first-order valence-electron chi connectivity index (χ1n) is 11.1. The lowest BCUT2D eigenvalue weighted by atomic mass is 9.95. The van der Waals surface area contributed by atoms with Gasteiger partial charge in [-0.3, -0.25) is 14.2 Å². The number of allylic oxidation sites excluding steroid dienone is 1. The summed E-state index contributed by atoms with van der Waals surface area (Å²) in [6, 6.07) is 25.8. The summed E-state index contributed by atoms with van der Waals surface area (Å²) in [5.41, 5.74) is 3.26. The van der Waals surface area contributed by atoms with Crippen molar-refractivity contribution in [2.75, 3.05) is 12.4 Å². The smallest absolute Gasteiger partial charge is 0.271 e. The molecule has 0 saturated carbocycles. The molecule has 4 aromatic rings. The number of methoxy groups -OCH3 is 1. The van der Waals surface area contributed by atoms with E-state index in [-0.39, 0.29) is 11.5 Å². The quantitative estimate of drug-likeness (QED) is 0.470. The van der Waals surface area contributed by atoms with Crippen molar-refractivity contribution in [2.24, 2.45) is 4.99 Å². The lowest BCUT2D eigenvalue weighted by Crippen LogP contribution is -2.40. The van der Waals surface area contributed by atoms with E-state index >= 15 is 0 Å². The van der Waals surface area contributed by atoms with Crippen LogP contribution >= 0.6 is 11.3 Å². The average molecular weight is 482 g/mol. The lowest BCUT2D eigenvalue weighted by Gasteiger charge is -2.25. The van der Waals surface area contributed by atoms with Crippen LogP contribution in [0.1, 0.15) is 24.1 Å². The Labute approximate surface area is 206 Å². The van der Waals surface area contributed by atoms with Gasteiger partial charge in [-0.25, -0.2) is 4.99 Å². The number of nitrogens with zero attached hydrogens (tertiary/aromatic N) is 2. The number of anilines is 1. The van der Waals surface area contributed by atoms with Gasteiger partial charge in [-0.1, -0.05) is 72.0 Å². The minimum absolute atomic E-state index is 0.184. The number of ether oxygens (including phenoxy) is 1. The fourth-order valence-electron chi connectivity index (χ4n) is 4.13. The van der Waals surface area contributed by atoms with Crippen LogP contribution in [0.3, 0.4) is 0 Å². The Kier molecular flexibility index (Phi) is 6.16. The highest BCUT2D eigenvalue weighted by molar-refractivity contribution is 7.07. The first kappa shape index (κ1) is 22.6. The number of para-hydroxylation sites is 1. The largest absolute Gasteiger partial charge is 0.497 e. The maximum absolute atomic E-state index is 13.7. The maximum Gasteiger partial charge on any atom is 0.271 e. The molecule has 0 fully saturated rings. The number of hydrogen-bond acceptors (Lipinski definition) is 5. The van der Waals surface area contributed by atoms with Crippen molar-refractivity contribution in [3.8, 4) is 5.75 Å². The fraction of sp³-hybridized carbons (Fsp3) is 0.107. The van der Waals surface area contributed by atoms with Gasteiger partial charge in [0.2, 0.25) is 0 Å². The second-order valence-corrected chi connectivity index (χ2v) is 9.09. The van der Waals surface area contributed by atoms with Gasteiger partial charge in [0.05, 0.1) is 29.0 Å². The minimum Gasteiger partial charge on any atom is -0.497 e. The van der Waals surface area contributed by atoms with Crippen LogP contribution in [0.2, 0.25) is 0 Å². The zero-order valence-corrected chi connectivity index (χ0v) is 20.1. The molecule has 5 rings (SSSR count). The van der Waals surface area contributed by atoms with E-state index in [0.29, 0.717) is 26.3 Å². The molecule has 7 heteroatoms. The third-order valence-corrected chi connectivity index (χ3v) is 6.81. The Bertz CT molecular complexity index is 1590. The Morgan fingerprint density at radius 1 is 1.00 bits per heavy atom. The van der Waals surface area contributed by atoms with Crippen LogP contribution < -0.4 is 24.9 Å². The SMILES string of the molecule is COc1ccc(/C=c2\sc3n(c2=O)[C@@H](c2ccccc2)C(C(=O)Nc2ccccc2)=C(C)N=3)cc1. The summed E-state index contributed by atoms with van der Waals surface area (Å²) in [7, 11) is 1.62. The molecule has 6 nitrogen and oxygen atoms in total. The Balaban J connectivity index is 1.64. The van der Waals surface area contributed by atoms with E-state index in [0.717, 1.165) is 16.9 Å². The van der Waals surface area contributed by atoms with Crippen LogP contribution in [0.25, 0.3) is 6.08 Å². The van der Waals surface area contributed by atoms with Gasteiger partial charge >= 0.3 is 0 Å². The fourth-order valence-corrected chi connectivity index (χ4v) is 5.18. The number of nitrogens with one attached hydrogen (secondary N) is 1. The Morgan fingerprint density at radius 3 is 2.31 bits per heavy atom. The molecule has 1 aliphatic heterocycles. The number of carbonyl (C=O) groups excluding carboxylic acids is 1. The Morgan fingerprint density at radius 2 is 1.66 bits per heavy atom. The van der Waals surface area contributed by atoms with Crippen molar-refractivity contribution in [3.05, 3.63) is 127 Å². The molecule has 0 spiro atoms. The summed E-state index contributed by atoms with van der Waals surface area (Å²) in [6.07, 6.45) is 1.84. The number of aromatic nitrogens is 1. The van der Waals surface area contributed by atoms with E-state index in [9.17, 15) is 9.59 Å². The molecule has 1 amide bonds. The highest BCUT2D eigenvalue weighted by Crippen LogP contribution is 2.30. The molecule has 0 bridgehead atoms. The second-order valence-electron chi connectivity index (χ2n) is 8.09. The molecule has 1 atom stereocenters. The van der Waals surface area contributed by atoms with Crippen molar-refractivity contribution >= 4 is 29.0 Å². The van der Waals surface area contributed by atoms with Gasteiger partial charge in [0, 0.05) is 5.69 Å². The summed E-state index contributed by atoms with van der Waals surface area (Å²) >= 11 is 1.32. The molecule has 3 aromatic carbocycles. The molecule has 2 heterocycles. The van der Waals surface area contributed by atoms with Gasteiger partial charge in [-0.05, 0) is 48.4 Å². The van der Waals surface area contributed by atoms with Crippen LogP contribution in [-0.4, -0.2) is 17.6 Å². The number of hydrogen-bond donors (Lipinski definition) is 1. The predicted octanol–water partition coefficient (Wildman–Crippen LogP) is 3.88.